The number of aliphatic carboxylic acids is 1. The topological polar surface area (TPSA) is 112 Å². The Bertz CT molecular complexity index is 1140. The molecule has 3 aromatic rings. The molecule has 0 spiro atoms. The Kier molecular flexibility index (Phi) is 7.89. The SMILES string of the molecule is Cc1ncn(-c2ccc(NC(=O)c3csc(N4CCNCC4)n3)cc2)c1C.O=C(O)C(F)(F)F. The van der Waals surface area contributed by atoms with Crippen LogP contribution in [-0.2, 0) is 4.79 Å². The van der Waals surface area contributed by atoms with Gasteiger partial charge >= 0.3 is 12.1 Å². The van der Waals surface area contributed by atoms with Crippen molar-refractivity contribution in [3.8, 4) is 5.69 Å². The van der Waals surface area contributed by atoms with Crippen LogP contribution in [0, 0.1) is 13.8 Å². The van der Waals surface area contributed by atoms with E-state index in [2.05, 4.69) is 25.5 Å². The third-order valence-corrected chi connectivity index (χ3v) is 5.91. The van der Waals surface area contributed by atoms with Crippen LogP contribution in [0.25, 0.3) is 5.69 Å². The van der Waals surface area contributed by atoms with Gasteiger partial charge < -0.3 is 25.2 Å². The summed E-state index contributed by atoms with van der Waals surface area (Å²) in [5.41, 5.74) is 4.33. The molecule has 3 heterocycles. The van der Waals surface area contributed by atoms with Crippen LogP contribution in [0.15, 0.2) is 36.0 Å². The number of hydrogen-bond donors (Lipinski definition) is 3. The van der Waals surface area contributed by atoms with E-state index in [1.54, 1.807) is 0 Å². The van der Waals surface area contributed by atoms with Crippen LogP contribution in [0.4, 0.5) is 24.0 Å². The summed E-state index contributed by atoms with van der Waals surface area (Å²) >= 11 is 1.51. The number of nitrogens with one attached hydrogen (secondary N) is 2. The minimum absolute atomic E-state index is 0.185. The maximum Gasteiger partial charge on any atom is 0.490 e. The highest BCUT2D eigenvalue weighted by atomic mass is 32.1. The van der Waals surface area contributed by atoms with E-state index < -0.39 is 12.1 Å². The van der Waals surface area contributed by atoms with Crippen molar-refractivity contribution < 1.29 is 27.9 Å². The van der Waals surface area contributed by atoms with Gasteiger partial charge in [-0.2, -0.15) is 13.2 Å². The van der Waals surface area contributed by atoms with E-state index in [1.807, 2.05) is 54.4 Å². The van der Waals surface area contributed by atoms with Gasteiger partial charge in [0.25, 0.3) is 5.91 Å². The maximum atomic E-state index is 12.5. The minimum atomic E-state index is -5.08. The predicted octanol–water partition coefficient (Wildman–Crippen LogP) is 3.24. The predicted molar refractivity (Wildman–Crippen MR) is 122 cm³/mol. The van der Waals surface area contributed by atoms with E-state index >= 15 is 0 Å². The molecule has 1 amide bonds. The number of carbonyl (C=O) groups excluding carboxylic acids is 1. The molecule has 0 saturated carbocycles. The van der Waals surface area contributed by atoms with Gasteiger partial charge in [0.1, 0.15) is 5.69 Å². The number of hydrogen-bond acceptors (Lipinski definition) is 7. The van der Waals surface area contributed by atoms with E-state index in [9.17, 15) is 18.0 Å². The summed E-state index contributed by atoms with van der Waals surface area (Å²) in [7, 11) is 0. The van der Waals surface area contributed by atoms with E-state index in [4.69, 9.17) is 9.90 Å². The van der Waals surface area contributed by atoms with Crippen molar-refractivity contribution in [3.63, 3.8) is 0 Å². The van der Waals surface area contributed by atoms with E-state index in [0.29, 0.717) is 5.69 Å². The van der Waals surface area contributed by atoms with Gasteiger partial charge in [0, 0.05) is 48.6 Å². The van der Waals surface area contributed by atoms with Gasteiger partial charge in [-0.25, -0.2) is 14.8 Å². The first-order valence-corrected chi connectivity index (χ1v) is 11.1. The van der Waals surface area contributed by atoms with Gasteiger partial charge in [-0.3, -0.25) is 4.79 Å². The molecule has 1 saturated heterocycles. The van der Waals surface area contributed by atoms with Gasteiger partial charge in [-0.1, -0.05) is 0 Å². The summed E-state index contributed by atoms with van der Waals surface area (Å²) in [6, 6.07) is 7.73. The van der Waals surface area contributed by atoms with Gasteiger partial charge in [-0.15, -0.1) is 11.3 Å². The van der Waals surface area contributed by atoms with E-state index in [1.165, 1.54) is 11.3 Å². The summed E-state index contributed by atoms with van der Waals surface area (Å²) in [5, 5.41) is 16.1. The molecule has 0 radical (unpaired) electrons. The molecule has 1 aromatic carbocycles. The molecule has 1 aliphatic rings. The number of benzene rings is 1. The quantitative estimate of drug-likeness (QED) is 0.508. The smallest absolute Gasteiger partial charge is 0.475 e. The van der Waals surface area contributed by atoms with E-state index in [0.717, 1.165) is 54.1 Å². The standard InChI is InChI=1S/C19H22N6OS.C2HF3O2/c1-13-14(2)25(12-21-13)16-5-3-15(4-6-16)22-18(26)17-11-27-19(23-17)24-9-7-20-8-10-24;3-2(4,5)1(6)7/h3-6,11-12,20H,7-10H2,1-2H3,(H,22,26);(H,6,7). The van der Waals surface area contributed by atoms with Crippen LogP contribution in [-0.4, -0.2) is 63.9 Å². The van der Waals surface area contributed by atoms with Crippen molar-refractivity contribution in [2.45, 2.75) is 20.0 Å². The molecule has 4 rings (SSSR count). The molecule has 3 N–H and O–H groups in total. The number of thiazole rings is 1. The number of aryl methyl sites for hydroxylation is 1. The number of aromatic nitrogens is 3. The van der Waals surface area contributed by atoms with Crippen molar-refractivity contribution in [1.82, 2.24) is 19.9 Å². The lowest BCUT2D eigenvalue weighted by Gasteiger charge is -2.26. The largest absolute Gasteiger partial charge is 0.490 e. The fraction of sp³-hybridized carbons (Fsp3) is 0.333. The zero-order valence-corrected chi connectivity index (χ0v) is 19.2. The number of rotatable bonds is 4. The van der Waals surface area contributed by atoms with Gasteiger partial charge in [-0.05, 0) is 38.1 Å². The van der Waals surface area contributed by atoms with Crippen LogP contribution < -0.4 is 15.5 Å². The Hall–Kier alpha value is -3.45. The molecule has 34 heavy (non-hydrogen) atoms. The average Bonchev–Trinajstić information content (AvgIpc) is 3.43. The van der Waals surface area contributed by atoms with Crippen LogP contribution in [0.2, 0.25) is 0 Å². The number of anilines is 2. The molecule has 9 nitrogen and oxygen atoms in total. The first-order valence-electron chi connectivity index (χ1n) is 10.2. The lowest BCUT2D eigenvalue weighted by molar-refractivity contribution is -0.192. The van der Waals surface area contributed by atoms with Crippen LogP contribution in [0.3, 0.4) is 0 Å². The molecule has 1 fully saturated rings. The Morgan fingerprint density at radius 3 is 2.29 bits per heavy atom. The molecule has 0 unspecified atom stereocenters. The second kappa shape index (κ2) is 10.7. The number of carboxylic acid groups (broad SMARTS) is 1. The summed E-state index contributed by atoms with van der Waals surface area (Å²) in [6.07, 6.45) is -3.27. The summed E-state index contributed by atoms with van der Waals surface area (Å²) in [4.78, 5) is 32.4. The van der Waals surface area contributed by atoms with Gasteiger partial charge in [0.2, 0.25) is 0 Å². The molecule has 1 aliphatic heterocycles. The van der Waals surface area contributed by atoms with Crippen molar-refractivity contribution in [2.24, 2.45) is 0 Å². The lowest BCUT2D eigenvalue weighted by Crippen LogP contribution is -2.43. The van der Waals surface area contributed by atoms with Crippen molar-refractivity contribution in [2.75, 3.05) is 36.4 Å². The number of imidazole rings is 1. The van der Waals surface area contributed by atoms with Crippen molar-refractivity contribution in [1.29, 1.82) is 0 Å². The fourth-order valence-electron chi connectivity index (χ4n) is 3.03. The highest BCUT2D eigenvalue weighted by Crippen LogP contribution is 2.22. The third kappa shape index (κ3) is 6.32. The molecule has 182 valence electrons. The maximum absolute atomic E-state index is 12.5. The highest BCUT2D eigenvalue weighted by Gasteiger charge is 2.38. The number of piperazine rings is 1. The first kappa shape index (κ1) is 25.2. The Morgan fingerprint density at radius 2 is 1.76 bits per heavy atom. The van der Waals surface area contributed by atoms with Crippen molar-refractivity contribution in [3.05, 3.63) is 53.1 Å². The van der Waals surface area contributed by atoms with E-state index in [-0.39, 0.29) is 5.91 Å². The minimum Gasteiger partial charge on any atom is -0.475 e. The van der Waals surface area contributed by atoms with Crippen molar-refractivity contribution >= 4 is 34.0 Å². The molecular formula is C21H23F3N6O3S. The normalized spacial score (nSPS) is 13.7. The van der Waals surface area contributed by atoms with Gasteiger partial charge in [0.15, 0.2) is 5.13 Å². The number of amides is 1. The molecule has 2 aromatic heterocycles. The monoisotopic (exact) mass is 496 g/mol. The second-order valence-corrected chi connectivity index (χ2v) is 8.18. The highest BCUT2D eigenvalue weighted by molar-refractivity contribution is 7.14. The lowest BCUT2D eigenvalue weighted by atomic mass is 10.2. The molecule has 0 atom stereocenters. The number of halogens is 3. The molecular weight excluding hydrogens is 473 g/mol. The molecule has 0 bridgehead atoms. The van der Waals surface area contributed by atoms with Crippen LogP contribution >= 0.6 is 11.3 Å². The Morgan fingerprint density at radius 1 is 1.15 bits per heavy atom. The van der Waals surface area contributed by atoms with Crippen LogP contribution in [0.1, 0.15) is 21.9 Å². The summed E-state index contributed by atoms with van der Waals surface area (Å²) in [6.45, 7) is 7.76. The zero-order chi connectivity index (χ0) is 24.9. The van der Waals surface area contributed by atoms with Crippen LogP contribution in [0.5, 0.6) is 0 Å². The number of carbonyl (C=O) groups is 2. The molecule has 0 aliphatic carbocycles. The Balaban J connectivity index is 0.000000406. The first-order chi connectivity index (χ1) is 16.1. The summed E-state index contributed by atoms with van der Waals surface area (Å²) in [5.74, 6) is -2.94. The zero-order valence-electron chi connectivity index (χ0n) is 18.4. The summed E-state index contributed by atoms with van der Waals surface area (Å²) < 4.78 is 33.8. The number of alkyl halides is 3. The fourth-order valence-corrected chi connectivity index (χ4v) is 3.89. The van der Waals surface area contributed by atoms with Gasteiger partial charge in [0.05, 0.1) is 12.0 Å². The third-order valence-electron chi connectivity index (χ3n) is 5.01. The number of nitrogens with zero attached hydrogens (tertiary/aromatic N) is 4. The molecule has 13 heteroatoms. The number of carboxylic acids is 1. The average molecular weight is 497 g/mol. The second-order valence-electron chi connectivity index (χ2n) is 7.34. The Labute approximate surface area is 197 Å².